The van der Waals surface area contributed by atoms with Crippen molar-refractivity contribution in [1.29, 1.82) is 0 Å². The molecule has 0 fully saturated rings. The van der Waals surface area contributed by atoms with E-state index in [1.54, 1.807) is 36.8 Å². The van der Waals surface area contributed by atoms with Crippen molar-refractivity contribution in [3.63, 3.8) is 0 Å². The van der Waals surface area contributed by atoms with E-state index in [9.17, 15) is 10.1 Å². The standard InChI is InChI=1S/C18H21N7O3/c1-2-28-15-6-4-14(5-7-15)23-18-16(25(26)27)17(21-12-22-18)20-8-3-10-24-11-9-19-13-24/h4-7,9,11-13H,2-3,8,10H2,1H3,(H2,20,21,22,23). The van der Waals surface area contributed by atoms with Crippen LogP contribution in [0.5, 0.6) is 5.75 Å². The summed E-state index contributed by atoms with van der Waals surface area (Å²) in [6.07, 6.45) is 7.36. The van der Waals surface area contributed by atoms with E-state index in [0.717, 1.165) is 18.7 Å². The monoisotopic (exact) mass is 383 g/mol. The van der Waals surface area contributed by atoms with Gasteiger partial charge in [-0.15, -0.1) is 0 Å². The minimum atomic E-state index is -0.491. The molecule has 2 aromatic heterocycles. The van der Waals surface area contributed by atoms with Gasteiger partial charge in [-0.1, -0.05) is 0 Å². The zero-order chi connectivity index (χ0) is 19.8. The second-order valence-corrected chi connectivity index (χ2v) is 5.84. The van der Waals surface area contributed by atoms with Crippen LogP contribution in [-0.2, 0) is 6.54 Å². The van der Waals surface area contributed by atoms with E-state index in [2.05, 4.69) is 25.6 Å². The number of rotatable bonds is 10. The Morgan fingerprint density at radius 2 is 2.00 bits per heavy atom. The fourth-order valence-corrected chi connectivity index (χ4v) is 2.60. The molecular formula is C18H21N7O3. The maximum absolute atomic E-state index is 11.6. The van der Waals surface area contributed by atoms with E-state index in [4.69, 9.17) is 4.74 Å². The van der Waals surface area contributed by atoms with Crippen LogP contribution < -0.4 is 15.4 Å². The van der Waals surface area contributed by atoms with E-state index >= 15 is 0 Å². The number of hydrogen-bond acceptors (Lipinski definition) is 8. The molecule has 146 valence electrons. The van der Waals surface area contributed by atoms with Crippen LogP contribution in [0.3, 0.4) is 0 Å². The third-order valence-corrected chi connectivity index (χ3v) is 3.88. The fraction of sp³-hybridized carbons (Fsp3) is 0.278. The van der Waals surface area contributed by atoms with Gasteiger partial charge < -0.3 is 19.9 Å². The molecule has 2 N–H and O–H groups in total. The first-order valence-corrected chi connectivity index (χ1v) is 8.86. The van der Waals surface area contributed by atoms with Crippen LogP contribution in [0.1, 0.15) is 13.3 Å². The minimum Gasteiger partial charge on any atom is -0.494 e. The second-order valence-electron chi connectivity index (χ2n) is 5.84. The Morgan fingerprint density at radius 1 is 1.21 bits per heavy atom. The molecule has 0 amide bonds. The Kier molecular flexibility index (Phi) is 6.34. The SMILES string of the molecule is CCOc1ccc(Nc2ncnc(NCCCn3ccnc3)c2[N+](=O)[O-])cc1. The lowest BCUT2D eigenvalue weighted by atomic mass is 10.3. The van der Waals surface area contributed by atoms with Gasteiger partial charge in [0.15, 0.2) is 0 Å². The van der Waals surface area contributed by atoms with Crippen LogP contribution in [0.4, 0.5) is 23.0 Å². The van der Waals surface area contributed by atoms with E-state index in [1.165, 1.54) is 6.33 Å². The highest BCUT2D eigenvalue weighted by Crippen LogP contribution is 2.31. The number of aryl methyl sites for hydroxylation is 1. The van der Waals surface area contributed by atoms with Crippen LogP contribution in [0.2, 0.25) is 0 Å². The van der Waals surface area contributed by atoms with E-state index < -0.39 is 4.92 Å². The molecule has 10 nitrogen and oxygen atoms in total. The topological polar surface area (TPSA) is 120 Å². The third-order valence-electron chi connectivity index (χ3n) is 3.88. The minimum absolute atomic E-state index is 0.126. The average molecular weight is 383 g/mol. The van der Waals surface area contributed by atoms with E-state index in [0.29, 0.717) is 18.8 Å². The molecule has 0 aliphatic rings. The van der Waals surface area contributed by atoms with Crippen molar-refractivity contribution in [2.75, 3.05) is 23.8 Å². The van der Waals surface area contributed by atoms with Crippen molar-refractivity contribution < 1.29 is 9.66 Å². The summed E-state index contributed by atoms with van der Waals surface area (Å²) in [7, 11) is 0. The molecule has 28 heavy (non-hydrogen) atoms. The summed E-state index contributed by atoms with van der Waals surface area (Å²) < 4.78 is 7.34. The number of benzene rings is 1. The smallest absolute Gasteiger partial charge is 0.353 e. The van der Waals surface area contributed by atoms with Crippen LogP contribution in [0.25, 0.3) is 0 Å². The van der Waals surface area contributed by atoms with Crippen LogP contribution in [0.15, 0.2) is 49.3 Å². The Bertz CT molecular complexity index is 898. The molecule has 0 radical (unpaired) electrons. The highest BCUT2D eigenvalue weighted by molar-refractivity contribution is 5.73. The van der Waals surface area contributed by atoms with Gasteiger partial charge in [-0.25, -0.2) is 15.0 Å². The first kappa shape index (κ1) is 19.1. The fourth-order valence-electron chi connectivity index (χ4n) is 2.60. The van der Waals surface area contributed by atoms with Crippen LogP contribution >= 0.6 is 0 Å². The first-order valence-electron chi connectivity index (χ1n) is 8.86. The van der Waals surface area contributed by atoms with Crippen molar-refractivity contribution >= 4 is 23.0 Å². The Morgan fingerprint density at radius 3 is 2.68 bits per heavy atom. The highest BCUT2D eigenvalue weighted by Gasteiger charge is 2.22. The number of nitrogens with zero attached hydrogens (tertiary/aromatic N) is 5. The van der Waals surface area contributed by atoms with Crippen molar-refractivity contribution in [1.82, 2.24) is 19.5 Å². The summed E-state index contributed by atoms with van der Waals surface area (Å²) in [6.45, 7) is 3.75. The molecule has 1 aromatic carbocycles. The van der Waals surface area contributed by atoms with Gasteiger partial charge in [-0.2, -0.15) is 0 Å². The maximum atomic E-state index is 11.6. The number of imidazole rings is 1. The molecular weight excluding hydrogens is 362 g/mol. The van der Waals surface area contributed by atoms with Gasteiger partial charge in [0.05, 0.1) is 17.9 Å². The number of anilines is 3. The summed E-state index contributed by atoms with van der Waals surface area (Å²) in [4.78, 5) is 23.2. The molecule has 0 aliphatic heterocycles. The first-order chi connectivity index (χ1) is 13.7. The maximum Gasteiger partial charge on any atom is 0.353 e. The predicted molar refractivity (Wildman–Crippen MR) is 105 cm³/mol. The molecule has 0 saturated heterocycles. The summed E-state index contributed by atoms with van der Waals surface area (Å²) in [5.74, 6) is 1.03. The molecule has 0 saturated carbocycles. The summed E-state index contributed by atoms with van der Waals surface area (Å²) >= 11 is 0. The van der Waals surface area contributed by atoms with Crippen LogP contribution in [0, 0.1) is 10.1 Å². The average Bonchev–Trinajstić information content (AvgIpc) is 3.20. The Balaban J connectivity index is 1.68. The summed E-state index contributed by atoms with van der Waals surface area (Å²) in [5.41, 5.74) is 0.468. The van der Waals surface area contributed by atoms with Gasteiger partial charge in [-0.05, 0) is 37.6 Å². The zero-order valence-corrected chi connectivity index (χ0v) is 15.4. The van der Waals surface area contributed by atoms with E-state index in [-0.39, 0.29) is 17.3 Å². The second kappa shape index (κ2) is 9.31. The van der Waals surface area contributed by atoms with Gasteiger partial charge in [0, 0.05) is 31.2 Å². The van der Waals surface area contributed by atoms with Gasteiger partial charge in [0.2, 0.25) is 11.6 Å². The summed E-state index contributed by atoms with van der Waals surface area (Å²) in [6, 6.07) is 7.12. The molecule has 2 heterocycles. The lowest BCUT2D eigenvalue weighted by Crippen LogP contribution is -2.10. The number of aromatic nitrogens is 4. The lowest BCUT2D eigenvalue weighted by molar-refractivity contribution is -0.383. The molecule has 3 rings (SSSR count). The third kappa shape index (κ3) is 4.93. The number of ether oxygens (including phenoxy) is 1. The predicted octanol–water partition coefficient (Wildman–Crippen LogP) is 3.23. The molecule has 10 heteroatoms. The zero-order valence-electron chi connectivity index (χ0n) is 15.4. The lowest BCUT2D eigenvalue weighted by Gasteiger charge is -2.11. The molecule has 0 atom stereocenters. The van der Waals surface area contributed by atoms with Gasteiger partial charge >= 0.3 is 5.69 Å². The van der Waals surface area contributed by atoms with Crippen molar-refractivity contribution in [2.45, 2.75) is 19.9 Å². The molecule has 3 aromatic rings. The van der Waals surface area contributed by atoms with Gasteiger partial charge in [-0.3, -0.25) is 10.1 Å². The molecule has 0 spiro atoms. The quantitative estimate of drug-likeness (QED) is 0.311. The normalized spacial score (nSPS) is 10.5. The Labute approximate surface area is 161 Å². The van der Waals surface area contributed by atoms with Crippen molar-refractivity contribution in [3.05, 3.63) is 59.4 Å². The Hall–Kier alpha value is -3.69. The highest BCUT2D eigenvalue weighted by atomic mass is 16.6. The summed E-state index contributed by atoms with van der Waals surface area (Å²) in [5, 5.41) is 17.6. The number of nitrogens with one attached hydrogen (secondary N) is 2. The van der Waals surface area contributed by atoms with Crippen molar-refractivity contribution in [3.8, 4) is 5.75 Å². The molecule has 0 unspecified atom stereocenters. The van der Waals surface area contributed by atoms with Crippen molar-refractivity contribution in [2.24, 2.45) is 0 Å². The molecule has 0 aliphatic carbocycles. The van der Waals surface area contributed by atoms with E-state index in [1.807, 2.05) is 17.7 Å². The van der Waals surface area contributed by atoms with Gasteiger partial charge in [0.25, 0.3) is 0 Å². The van der Waals surface area contributed by atoms with Gasteiger partial charge in [0.1, 0.15) is 12.1 Å². The van der Waals surface area contributed by atoms with Crippen LogP contribution in [-0.4, -0.2) is 37.6 Å². The largest absolute Gasteiger partial charge is 0.494 e. The molecule has 0 bridgehead atoms. The number of nitro groups is 1. The number of hydrogen-bond donors (Lipinski definition) is 2.